The Hall–Kier alpha value is -0.770. The third-order valence-corrected chi connectivity index (χ3v) is 1.96. The van der Waals surface area contributed by atoms with Crippen LogP contribution in [0.1, 0.15) is 34.1 Å². The lowest BCUT2D eigenvalue weighted by Gasteiger charge is -2.28. The van der Waals surface area contributed by atoms with Gasteiger partial charge in [0, 0.05) is 19.6 Å². The van der Waals surface area contributed by atoms with Crippen molar-refractivity contribution in [3.63, 3.8) is 0 Å². The van der Waals surface area contributed by atoms with Gasteiger partial charge in [-0.2, -0.15) is 0 Å². The van der Waals surface area contributed by atoms with Crippen LogP contribution in [0.5, 0.6) is 0 Å². The largest absolute Gasteiger partial charge is 0.444 e. The van der Waals surface area contributed by atoms with Gasteiger partial charge in [0.05, 0.1) is 0 Å². The molecule has 0 aliphatic rings. The smallest absolute Gasteiger partial charge is 0.410 e. The fraction of sp³-hybridized carbons (Fsp3) is 0.917. The van der Waals surface area contributed by atoms with Crippen molar-refractivity contribution in [2.24, 2.45) is 0 Å². The van der Waals surface area contributed by atoms with Gasteiger partial charge in [-0.05, 0) is 41.3 Å². The Bertz CT molecular complexity index is 210. The molecule has 0 unspecified atom stereocenters. The molecule has 0 atom stereocenters. The van der Waals surface area contributed by atoms with Crippen LogP contribution in [0.15, 0.2) is 0 Å². The molecule has 0 bridgehead atoms. The highest BCUT2D eigenvalue weighted by atomic mass is 16.6. The molecule has 96 valence electrons. The molecule has 4 heteroatoms. The maximum Gasteiger partial charge on any atom is 0.410 e. The van der Waals surface area contributed by atoms with E-state index in [1.165, 1.54) is 0 Å². The minimum Gasteiger partial charge on any atom is -0.444 e. The van der Waals surface area contributed by atoms with E-state index in [0.717, 1.165) is 26.1 Å². The first kappa shape index (κ1) is 15.2. The average molecular weight is 230 g/mol. The summed E-state index contributed by atoms with van der Waals surface area (Å²) in [6, 6.07) is 0. The van der Waals surface area contributed by atoms with Gasteiger partial charge in [-0.15, -0.1) is 0 Å². The molecule has 0 fully saturated rings. The molecule has 0 saturated carbocycles. The summed E-state index contributed by atoms with van der Waals surface area (Å²) < 4.78 is 5.35. The first-order valence-corrected chi connectivity index (χ1v) is 5.89. The summed E-state index contributed by atoms with van der Waals surface area (Å²) in [6.45, 7) is 10.1. The van der Waals surface area contributed by atoms with Gasteiger partial charge in [-0.3, -0.25) is 0 Å². The average Bonchev–Trinajstić information content (AvgIpc) is 2.08. The van der Waals surface area contributed by atoms with Gasteiger partial charge < -0.3 is 14.5 Å². The lowest BCUT2D eigenvalue weighted by atomic mass is 10.2. The maximum atomic E-state index is 11.8. The third kappa shape index (κ3) is 7.51. The molecular formula is C12H26N2O2. The molecule has 4 nitrogen and oxygen atoms in total. The van der Waals surface area contributed by atoms with Crippen LogP contribution in [0.25, 0.3) is 0 Å². The number of nitrogens with zero attached hydrogens (tertiary/aromatic N) is 2. The van der Waals surface area contributed by atoms with Gasteiger partial charge in [-0.1, -0.05) is 6.92 Å². The summed E-state index contributed by atoms with van der Waals surface area (Å²) in [4.78, 5) is 15.7. The van der Waals surface area contributed by atoms with Crippen LogP contribution >= 0.6 is 0 Å². The van der Waals surface area contributed by atoms with Crippen molar-refractivity contribution in [2.45, 2.75) is 39.7 Å². The third-order valence-electron chi connectivity index (χ3n) is 1.96. The highest BCUT2D eigenvalue weighted by Gasteiger charge is 2.21. The lowest BCUT2D eigenvalue weighted by Crippen LogP contribution is -2.40. The number of carbonyl (C=O) groups excluding carboxylic acids is 1. The monoisotopic (exact) mass is 230 g/mol. The van der Waals surface area contributed by atoms with Gasteiger partial charge in [0.2, 0.25) is 0 Å². The highest BCUT2D eigenvalue weighted by molar-refractivity contribution is 5.68. The summed E-state index contributed by atoms with van der Waals surface area (Å²) >= 11 is 0. The first-order valence-electron chi connectivity index (χ1n) is 5.89. The van der Waals surface area contributed by atoms with Crippen molar-refractivity contribution < 1.29 is 9.53 Å². The summed E-state index contributed by atoms with van der Waals surface area (Å²) in [7, 11) is 4.00. The van der Waals surface area contributed by atoms with E-state index >= 15 is 0 Å². The number of ether oxygens (including phenoxy) is 1. The van der Waals surface area contributed by atoms with Crippen molar-refractivity contribution in [3.8, 4) is 0 Å². The van der Waals surface area contributed by atoms with E-state index in [1.54, 1.807) is 4.90 Å². The minimum absolute atomic E-state index is 0.212. The quantitative estimate of drug-likeness (QED) is 0.726. The van der Waals surface area contributed by atoms with Crippen molar-refractivity contribution in [1.29, 1.82) is 0 Å². The molecule has 0 N–H and O–H groups in total. The van der Waals surface area contributed by atoms with Crippen LogP contribution in [0.2, 0.25) is 0 Å². The van der Waals surface area contributed by atoms with E-state index in [9.17, 15) is 4.79 Å². The molecule has 0 aliphatic carbocycles. The van der Waals surface area contributed by atoms with E-state index < -0.39 is 5.60 Å². The zero-order chi connectivity index (χ0) is 12.8. The van der Waals surface area contributed by atoms with Crippen LogP contribution in [-0.2, 0) is 4.74 Å². The van der Waals surface area contributed by atoms with E-state index in [4.69, 9.17) is 4.74 Å². The zero-order valence-electron chi connectivity index (χ0n) is 11.5. The predicted molar refractivity (Wildman–Crippen MR) is 66.7 cm³/mol. The van der Waals surface area contributed by atoms with Crippen LogP contribution in [0.3, 0.4) is 0 Å². The maximum absolute atomic E-state index is 11.8. The van der Waals surface area contributed by atoms with Crippen LogP contribution in [-0.4, -0.2) is 55.2 Å². The Kier molecular flexibility index (Phi) is 6.41. The highest BCUT2D eigenvalue weighted by Crippen LogP contribution is 2.10. The van der Waals surface area contributed by atoms with Crippen LogP contribution < -0.4 is 0 Å². The number of likely N-dealkylation sites (N-methyl/N-ethyl adjacent to an activating group) is 1. The Morgan fingerprint density at radius 3 is 2.06 bits per heavy atom. The first-order chi connectivity index (χ1) is 7.26. The fourth-order valence-corrected chi connectivity index (χ4v) is 1.21. The molecule has 0 spiro atoms. The van der Waals surface area contributed by atoms with E-state index in [-0.39, 0.29) is 6.09 Å². The number of hydrogen-bond acceptors (Lipinski definition) is 3. The Morgan fingerprint density at radius 2 is 1.69 bits per heavy atom. The van der Waals surface area contributed by atoms with Gasteiger partial charge in [0.25, 0.3) is 0 Å². The second-order valence-corrected chi connectivity index (χ2v) is 5.27. The number of carbonyl (C=O) groups is 1. The molecule has 0 heterocycles. The summed E-state index contributed by atoms with van der Waals surface area (Å²) in [5.41, 5.74) is -0.415. The fourth-order valence-electron chi connectivity index (χ4n) is 1.21. The molecule has 0 aromatic carbocycles. The molecule has 0 saturated heterocycles. The molecule has 0 aromatic heterocycles. The summed E-state index contributed by atoms with van der Waals surface area (Å²) in [5.74, 6) is 0. The Morgan fingerprint density at radius 1 is 1.12 bits per heavy atom. The predicted octanol–water partition coefficient (Wildman–Crippen LogP) is 2.20. The second kappa shape index (κ2) is 6.74. The van der Waals surface area contributed by atoms with E-state index in [0.29, 0.717) is 0 Å². The van der Waals surface area contributed by atoms with Gasteiger partial charge >= 0.3 is 6.09 Å². The van der Waals surface area contributed by atoms with Crippen LogP contribution in [0.4, 0.5) is 4.79 Å². The zero-order valence-corrected chi connectivity index (χ0v) is 11.5. The van der Waals surface area contributed by atoms with Crippen molar-refractivity contribution >= 4 is 6.09 Å². The minimum atomic E-state index is -0.415. The normalized spacial score (nSPS) is 11.7. The number of amides is 1. The summed E-state index contributed by atoms with van der Waals surface area (Å²) in [6.07, 6.45) is 0.739. The molecule has 0 aromatic rings. The standard InChI is InChI=1S/C12H26N2O2/c1-7-8-14(10-9-13(5)6)11(15)16-12(2,3)4/h7-10H2,1-6H3. The Labute approximate surface area is 99.5 Å². The lowest BCUT2D eigenvalue weighted by molar-refractivity contribution is 0.0240. The van der Waals surface area contributed by atoms with Gasteiger partial charge in [-0.25, -0.2) is 4.79 Å². The van der Waals surface area contributed by atoms with E-state index in [2.05, 4.69) is 11.8 Å². The Balaban J connectivity index is 4.23. The number of hydrogen-bond donors (Lipinski definition) is 0. The second-order valence-electron chi connectivity index (χ2n) is 5.27. The molecule has 1 amide bonds. The molecule has 0 rings (SSSR count). The molecule has 0 radical (unpaired) electrons. The SMILES string of the molecule is CCCN(CCN(C)C)C(=O)OC(C)(C)C. The molecule has 16 heavy (non-hydrogen) atoms. The molecular weight excluding hydrogens is 204 g/mol. The number of rotatable bonds is 5. The summed E-state index contributed by atoms with van der Waals surface area (Å²) in [5, 5.41) is 0. The van der Waals surface area contributed by atoms with Gasteiger partial charge in [0.1, 0.15) is 5.60 Å². The van der Waals surface area contributed by atoms with Crippen molar-refractivity contribution in [1.82, 2.24) is 9.80 Å². The molecule has 0 aliphatic heterocycles. The van der Waals surface area contributed by atoms with Gasteiger partial charge in [0.15, 0.2) is 0 Å². The van der Waals surface area contributed by atoms with Crippen molar-refractivity contribution in [3.05, 3.63) is 0 Å². The van der Waals surface area contributed by atoms with Crippen molar-refractivity contribution in [2.75, 3.05) is 33.7 Å². The van der Waals surface area contributed by atoms with E-state index in [1.807, 2.05) is 34.9 Å². The van der Waals surface area contributed by atoms with Crippen LogP contribution in [0, 0.1) is 0 Å². The topological polar surface area (TPSA) is 32.8 Å².